The Morgan fingerprint density at radius 2 is 1.78 bits per heavy atom. The van der Waals surface area contributed by atoms with Gasteiger partial charge in [-0.2, -0.15) is 0 Å². The average Bonchev–Trinajstić information content (AvgIpc) is 3.12. The molecule has 0 aliphatic carbocycles. The van der Waals surface area contributed by atoms with Crippen LogP contribution >= 0.6 is 11.3 Å². The average molecular weight is 382 g/mol. The van der Waals surface area contributed by atoms with Crippen LogP contribution in [0.25, 0.3) is 11.3 Å². The summed E-state index contributed by atoms with van der Waals surface area (Å²) in [5.74, 6) is 1.27. The molecule has 3 rings (SSSR count). The van der Waals surface area contributed by atoms with E-state index < -0.39 is 0 Å². The Morgan fingerprint density at radius 3 is 2.48 bits per heavy atom. The number of hydrogen-bond donors (Lipinski definition) is 1. The molecule has 0 atom stereocenters. The molecule has 0 saturated carbocycles. The summed E-state index contributed by atoms with van der Waals surface area (Å²) < 4.78 is 11.0. The van der Waals surface area contributed by atoms with Crippen molar-refractivity contribution in [1.82, 2.24) is 4.98 Å². The summed E-state index contributed by atoms with van der Waals surface area (Å²) >= 11 is 1.38. The van der Waals surface area contributed by atoms with E-state index in [4.69, 9.17) is 9.47 Å². The Morgan fingerprint density at radius 1 is 1.04 bits per heavy atom. The molecule has 140 valence electrons. The molecule has 0 radical (unpaired) electrons. The number of anilines is 1. The molecule has 6 heteroatoms. The number of carbonyl (C=O) groups excluding carboxylic acids is 1. The van der Waals surface area contributed by atoms with Crippen molar-refractivity contribution in [3.05, 3.63) is 59.0 Å². The van der Waals surface area contributed by atoms with Gasteiger partial charge >= 0.3 is 0 Å². The summed E-state index contributed by atoms with van der Waals surface area (Å²) in [6.07, 6.45) is 0. The highest BCUT2D eigenvalue weighted by molar-refractivity contribution is 7.14. The summed E-state index contributed by atoms with van der Waals surface area (Å²) in [6.45, 7) is 6.58. The Hall–Kier alpha value is -2.86. The molecule has 5 nitrogen and oxygen atoms in total. The lowest BCUT2D eigenvalue weighted by molar-refractivity contribution is -0.118. The minimum absolute atomic E-state index is 0.0551. The number of nitrogens with one attached hydrogen (secondary N) is 1. The largest absolute Gasteiger partial charge is 0.494 e. The summed E-state index contributed by atoms with van der Waals surface area (Å²) in [5.41, 5.74) is 4.11. The van der Waals surface area contributed by atoms with Gasteiger partial charge in [0.05, 0.1) is 12.3 Å². The van der Waals surface area contributed by atoms with Gasteiger partial charge in [0.2, 0.25) is 0 Å². The summed E-state index contributed by atoms with van der Waals surface area (Å²) in [4.78, 5) is 16.6. The number of rotatable bonds is 7. The van der Waals surface area contributed by atoms with Gasteiger partial charge in [-0.05, 0) is 68.3 Å². The molecule has 2 aromatic carbocycles. The van der Waals surface area contributed by atoms with Crippen LogP contribution in [0.15, 0.2) is 47.8 Å². The second-order valence-electron chi connectivity index (χ2n) is 6.08. The van der Waals surface area contributed by atoms with Gasteiger partial charge < -0.3 is 9.47 Å². The first kappa shape index (κ1) is 18.9. The number of amides is 1. The molecule has 27 heavy (non-hydrogen) atoms. The van der Waals surface area contributed by atoms with Crippen molar-refractivity contribution >= 4 is 22.4 Å². The van der Waals surface area contributed by atoms with Crippen molar-refractivity contribution in [2.24, 2.45) is 0 Å². The number of thiazole rings is 1. The minimum atomic E-state index is -0.235. The van der Waals surface area contributed by atoms with Gasteiger partial charge in [0.25, 0.3) is 5.91 Å². The molecule has 1 N–H and O–H groups in total. The summed E-state index contributed by atoms with van der Waals surface area (Å²) in [5, 5.41) is 5.24. The lowest BCUT2D eigenvalue weighted by Gasteiger charge is -2.08. The topological polar surface area (TPSA) is 60.5 Å². The fourth-order valence-electron chi connectivity index (χ4n) is 2.46. The van der Waals surface area contributed by atoms with Crippen LogP contribution in [0.3, 0.4) is 0 Å². The maximum atomic E-state index is 12.1. The molecular weight excluding hydrogens is 360 g/mol. The third-order valence-corrected chi connectivity index (χ3v) is 4.82. The van der Waals surface area contributed by atoms with Crippen molar-refractivity contribution < 1.29 is 14.3 Å². The first-order valence-electron chi connectivity index (χ1n) is 8.74. The zero-order valence-electron chi connectivity index (χ0n) is 15.6. The first-order valence-corrected chi connectivity index (χ1v) is 9.62. The maximum Gasteiger partial charge on any atom is 0.264 e. The number of carbonyl (C=O) groups is 1. The monoisotopic (exact) mass is 382 g/mol. The van der Waals surface area contributed by atoms with Crippen molar-refractivity contribution in [2.75, 3.05) is 18.5 Å². The highest BCUT2D eigenvalue weighted by Gasteiger charge is 2.09. The molecule has 1 heterocycles. The predicted molar refractivity (Wildman–Crippen MR) is 109 cm³/mol. The minimum Gasteiger partial charge on any atom is -0.494 e. The van der Waals surface area contributed by atoms with Gasteiger partial charge in [-0.3, -0.25) is 10.1 Å². The normalized spacial score (nSPS) is 10.5. The lowest BCUT2D eigenvalue weighted by Crippen LogP contribution is -2.20. The predicted octanol–water partition coefficient (Wildman–Crippen LogP) is 4.84. The fourth-order valence-corrected chi connectivity index (χ4v) is 3.20. The number of benzene rings is 2. The molecule has 0 unspecified atom stereocenters. The number of hydrogen-bond acceptors (Lipinski definition) is 5. The van der Waals surface area contributed by atoms with Crippen molar-refractivity contribution in [1.29, 1.82) is 0 Å². The zero-order chi connectivity index (χ0) is 19.2. The van der Waals surface area contributed by atoms with Crippen LogP contribution in [-0.4, -0.2) is 24.1 Å². The first-order chi connectivity index (χ1) is 13.0. The Kier molecular flexibility index (Phi) is 6.08. The van der Waals surface area contributed by atoms with Crippen LogP contribution in [0.1, 0.15) is 18.1 Å². The molecule has 0 bridgehead atoms. The van der Waals surface area contributed by atoms with Crippen LogP contribution in [0.4, 0.5) is 5.13 Å². The van der Waals surface area contributed by atoms with Crippen LogP contribution in [0.5, 0.6) is 11.5 Å². The van der Waals surface area contributed by atoms with E-state index in [-0.39, 0.29) is 12.5 Å². The van der Waals surface area contributed by atoms with Crippen molar-refractivity contribution in [3.63, 3.8) is 0 Å². The van der Waals surface area contributed by atoms with E-state index in [1.807, 2.05) is 68.6 Å². The molecule has 0 aliphatic heterocycles. The lowest BCUT2D eigenvalue weighted by atomic mass is 10.1. The van der Waals surface area contributed by atoms with Crippen LogP contribution in [0.2, 0.25) is 0 Å². The van der Waals surface area contributed by atoms with E-state index in [9.17, 15) is 4.79 Å². The molecule has 1 amide bonds. The number of aromatic nitrogens is 1. The maximum absolute atomic E-state index is 12.1. The van der Waals surface area contributed by atoms with E-state index in [2.05, 4.69) is 10.3 Å². The number of ether oxygens (including phenoxy) is 2. The molecule has 1 aromatic heterocycles. The van der Waals surface area contributed by atoms with E-state index >= 15 is 0 Å². The zero-order valence-corrected chi connectivity index (χ0v) is 16.4. The Bertz CT molecular complexity index is 919. The van der Waals surface area contributed by atoms with Gasteiger partial charge in [-0.15, -0.1) is 11.3 Å². The third kappa shape index (κ3) is 5.08. The van der Waals surface area contributed by atoms with E-state index in [1.54, 1.807) is 0 Å². The van der Waals surface area contributed by atoms with E-state index in [0.29, 0.717) is 17.5 Å². The van der Waals surface area contributed by atoms with E-state index in [1.165, 1.54) is 16.9 Å². The van der Waals surface area contributed by atoms with E-state index in [0.717, 1.165) is 22.6 Å². The standard InChI is InChI=1S/C21H22N2O3S/c1-4-25-17-9-6-16(7-10-17)19-13-27-21(22-19)23-20(24)12-26-18-8-5-14(2)15(3)11-18/h5-11,13H,4,12H2,1-3H3,(H,22,23,24). The third-order valence-electron chi connectivity index (χ3n) is 4.06. The SMILES string of the molecule is CCOc1ccc(-c2csc(NC(=O)COc3ccc(C)c(C)c3)n2)cc1. The summed E-state index contributed by atoms with van der Waals surface area (Å²) in [6, 6.07) is 13.5. The second-order valence-corrected chi connectivity index (χ2v) is 6.94. The summed E-state index contributed by atoms with van der Waals surface area (Å²) in [7, 11) is 0. The van der Waals surface area contributed by atoms with Gasteiger partial charge in [0.15, 0.2) is 11.7 Å². The molecule has 0 saturated heterocycles. The van der Waals surface area contributed by atoms with Gasteiger partial charge in [-0.25, -0.2) is 4.98 Å². The molecular formula is C21H22N2O3S. The molecule has 0 fully saturated rings. The Balaban J connectivity index is 1.56. The van der Waals surface area contributed by atoms with Crippen molar-refractivity contribution in [2.45, 2.75) is 20.8 Å². The second kappa shape index (κ2) is 8.68. The van der Waals surface area contributed by atoms with Gasteiger partial charge in [0, 0.05) is 10.9 Å². The molecule has 3 aromatic rings. The number of nitrogens with zero attached hydrogens (tertiary/aromatic N) is 1. The molecule has 0 aliphatic rings. The van der Waals surface area contributed by atoms with Crippen LogP contribution < -0.4 is 14.8 Å². The van der Waals surface area contributed by atoms with Gasteiger partial charge in [0.1, 0.15) is 11.5 Å². The Labute approximate surface area is 163 Å². The number of aryl methyl sites for hydroxylation is 2. The smallest absolute Gasteiger partial charge is 0.264 e. The fraction of sp³-hybridized carbons (Fsp3) is 0.238. The van der Waals surface area contributed by atoms with Crippen molar-refractivity contribution in [3.8, 4) is 22.8 Å². The molecule has 0 spiro atoms. The van der Waals surface area contributed by atoms with Crippen LogP contribution in [0, 0.1) is 13.8 Å². The van der Waals surface area contributed by atoms with Crippen LogP contribution in [-0.2, 0) is 4.79 Å². The quantitative estimate of drug-likeness (QED) is 0.635. The highest BCUT2D eigenvalue weighted by atomic mass is 32.1. The highest BCUT2D eigenvalue weighted by Crippen LogP contribution is 2.26. The van der Waals surface area contributed by atoms with Gasteiger partial charge in [-0.1, -0.05) is 6.07 Å².